The lowest BCUT2D eigenvalue weighted by Crippen LogP contribution is -2.21. The molecular formula is C25H25N5O3. The molecule has 0 aliphatic heterocycles. The van der Waals surface area contributed by atoms with Gasteiger partial charge in [-0.2, -0.15) is 10.2 Å². The van der Waals surface area contributed by atoms with Crippen LogP contribution >= 0.6 is 0 Å². The Morgan fingerprint density at radius 3 is 2.45 bits per heavy atom. The molecule has 0 unspecified atom stereocenters. The number of aryl methyl sites for hydroxylation is 2. The van der Waals surface area contributed by atoms with E-state index < -0.39 is 18.5 Å². The van der Waals surface area contributed by atoms with Crippen LogP contribution in [0.4, 0.5) is 5.69 Å². The number of amides is 1. The molecule has 4 aromatic rings. The first-order chi connectivity index (χ1) is 15.9. The molecule has 2 aromatic carbocycles. The lowest BCUT2D eigenvalue weighted by atomic mass is 10.2. The summed E-state index contributed by atoms with van der Waals surface area (Å²) in [5.41, 5.74) is 5.48. The van der Waals surface area contributed by atoms with E-state index >= 15 is 0 Å². The highest BCUT2D eigenvalue weighted by atomic mass is 16.5. The summed E-state index contributed by atoms with van der Waals surface area (Å²) in [6, 6.07) is 17.7. The minimum absolute atomic E-state index is 0.290. The lowest BCUT2D eigenvalue weighted by Gasteiger charge is -2.08. The van der Waals surface area contributed by atoms with Crippen molar-refractivity contribution < 1.29 is 14.3 Å². The Bertz CT molecular complexity index is 1270. The number of esters is 1. The predicted molar refractivity (Wildman–Crippen MR) is 124 cm³/mol. The maximum absolute atomic E-state index is 12.4. The predicted octanol–water partition coefficient (Wildman–Crippen LogP) is 3.84. The van der Waals surface area contributed by atoms with Gasteiger partial charge in [0.05, 0.1) is 41.1 Å². The number of anilines is 1. The molecule has 0 saturated carbocycles. The number of hydrogen-bond donors (Lipinski definition) is 1. The van der Waals surface area contributed by atoms with E-state index in [-0.39, 0.29) is 0 Å². The van der Waals surface area contributed by atoms with Crippen LogP contribution in [0.2, 0.25) is 0 Å². The van der Waals surface area contributed by atoms with E-state index in [1.807, 2.05) is 75.4 Å². The van der Waals surface area contributed by atoms with Crippen molar-refractivity contribution >= 4 is 17.6 Å². The Morgan fingerprint density at radius 1 is 1.00 bits per heavy atom. The van der Waals surface area contributed by atoms with Crippen LogP contribution in [0.15, 0.2) is 67.0 Å². The van der Waals surface area contributed by atoms with Gasteiger partial charge in [0.1, 0.15) is 0 Å². The summed E-state index contributed by atoms with van der Waals surface area (Å²) in [6.07, 6.45) is 3.04. The molecule has 33 heavy (non-hydrogen) atoms. The van der Waals surface area contributed by atoms with Crippen LogP contribution in [0.1, 0.15) is 32.9 Å². The van der Waals surface area contributed by atoms with Crippen molar-refractivity contribution in [1.29, 1.82) is 0 Å². The number of hydrogen-bond acceptors (Lipinski definition) is 5. The number of nitrogens with zero attached hydrogens (tertiary/aromatic N) is 4. The molecule has 8 nitrogen and oxygen atoms in total. The van der Waals surface area contributed by atoms with Crippen LogP contribution < -0.4 is 5.32 Å². The molecule has 0 bridgehead atoms. The van der Waals surface area contributed by atoms with Crippen molar-refractivity contribution in [3.8, 4) is 5.69 Å². The Kier molecular flexibility index (Phi) is 6.35. The minimum Gasteiger partial charge on any atom is -0.452 e. The summed E-state index contributed by atoms with van der Waals surface area (Å²) in [4.78, 5) is 24.8. The average Bonchev–Trinajstić information content (AvgIpc) is 3.39. The van der Waals surface area contributed by atoms with Gasteiger partial charge in [0.25, 0.3) is 5.91 Å². The van der Waals surface area contributed by atoms with Crippen molar-refractivity contribution in [3.05, 3.63) is 95.1 Å². The second-order valence-electron chi connectivity index (χ2n) is 7.83. The molecule has 0 atom stereocenters. The molecule has 0 spiro atoms. The van der Waals surface area contributed by atoms with Gasteiger partial charge < -0.3 is 10.1 Å². The molecule has 4 rings (SSSR count). The normalized spacial score (nSPS) is 10.8. The molecule has 8 heteroatoms. The van der Waals surface area contributed by atoms with Crippen LogP contribution in [0.25, 0.3) is 5.69 Å². The zero-order valence-electron chi connectivity index (χ0n) is 18.8. The molecule has 0 saturated heterocycles. The monoisotopic (exact) mass is 443 g/mol. The smallest absolute Gasteiger partial charge is 0.341 e. The zero-order chi connectivity index (χ0) is 23.4. The Balaban J connectivity index is 1.35. The SMILES string of the molecule is Cc1ccc(-n2nc(C)c(NC(=O)COC(=O)c3cnn(Cc4ccccc4)c3)c2C)cc1. The highest BCUT2D eigenvalue weighted by molar-refractivity contribution is 5.96. The third-order valence-corrected chi connectivity index (χ3v) is 5.22. The quantitative estimate of drug-likeness (QED) is 0.438. The molecular weight excluding hydrogens is 418 g/mol. The summed E-state index contributed by atoms with van der Waals surface area (Å²) in [5, 5.41) is 11.5. The molecule has 0 aliphatic carbocycles. The van der Waals surface area contributed by atoms with Gasteiger partial charge in [-0.15, -0.1) is 0 Å². The fraction of sp³-hybridized carbons (Fsp3) is 0.200. The highest BCUT2D eigenvalue weighted by Crippen LogP contribution is 2.23. The topological polar surface area (TPSA) is 91.0 Å². The average molecular weight is 444 g/mol. The van der Waals surface area contributed by atoms with Crippen molar-refractivity contribution in [3.63, 3.8) is 0 Å². The second-order valence-corrected chi connectivity index (χ2v) is 7.83. The van der Waals surface area contributed by atoms with E-state index in [0.717, 1.165) is 22.5 Å². The Hall–Kier alpha value is -4.20. The van der Waals surface area contributed by atoms with Gasteiger partial charge >= 0.3 is 5.97 Å². The Labute approximate surface area is 191 Å². The van der Waals surface area contributed by atoms with Crippen LogP contribution in [-0.4, -0.2) is 38.0 Å². The van der Waals surface area contributed by atoms with E-state index in [2.05, 4.69) is 15.5 Å². The summed E-state index contributed by atoms with van der Waals surface area (Å²) in [5.74, 6) is -1.04. The van der Waals surface area contributed by atoms with Gasteiger partial charge in [-0.3, -0.25) is 9.48 Å². The fourth-order valence-corrected chi connectivity index (χ4v) is 3.48. The van der Waals surface area contributed by atoms with Crippen LogP contribution in [0.3, 0.4) is 0 Å². The van der Waals surface area contributed by atoms with Gasteiger partial charge in [-0.05, 0) is 38.5 Å². The van der Waals surface area contributed by atoms with Crippen LogP contribution in [-0.2, 0) is 16.1 Å². The molecule has 0 aliphatic rings. The number of benzene rings is 2. The van der Waals surface area contributed by atoms with E-state index in [1.165, 1.54) is 6.20 Å². The molecule has 1 N–H and O–H groups in total. The number of ether oxygens (including phenoxy) is 1. The summed E-state index contributed by atoms with van der Waals surface area (Å²) in [6.45, 7) is 5.85. The third-order valence-electron chi connectivity index (χ3n) is 5.22. The van der Waals surface area contributed by atoms with Gasteiger partial charge in [0.15, 0.2) is 6.61 Å². The van der Waals surface area contributed by atoms with Crippen molar-refractivity contribution in [1.82, 2.24) is 19.6 Å². The van der Waals surface area contributed by atoms with Crippen molar-refractivity contribution in [2.75, 3.05) is 11.9 Å². The summed E-state index contributed by atoms with van der Waals surface area (Å²) in [7, 11) is 0. The number of carbonyl (C=O) groups excluding carboxylic acids is 2. The molecule has 0 radical (unpaired) electrons. The first-order valence-corrected chi connectivity index (χ1v) is 10.6. The standard InChI is InChI=1S/C25H25N5O3/c1-17-9-11-22(12-10-17)30-19(3)24(18(2)28-30)27-23(31)16-33-25(32)21-13-26-29(15-21)14-20-7-5-4-6-8-20/h4-13,15H,14,16H2,1-3H3,(H,27,31). The van der Waals surface area contributed by atoms with Crippen molar-refractivity contribution in [2.45, 2.75) is 27.3 Å². The second kappa shape index (κ2) is 9.52. The lowest BCUT2D eigenvalue weighted by molar-refractivity contribution is -0.119. The molecule has 2 aromatic heterocycles. The largest absolute Gasteiger partial charge is 0.452 e. The van der Waals surface area contributed by atoms with Gasteiger partial charge in [-0.25, -0.2) is 9.48 Å². The third kappa shape index (κ3) is 5.17. The van der Waals surface area contributed by atoms with Crippen LogP contribution in [0.5, 0.6) is 0 Å². The Morgan fingerprint density at radius 2 is 1.73 bits per heavy atom. The number of carbonyl (C=O) groups is 2. The maximum Gasteiger partial charge on any atom is 0.341 e. The summed E-state index contributed by atoms with van der Waals surface area (Å²) < 4.78 is 8.60. The summed E-state index contributed by atoms with van der Waals surface area (Å²) >= 11 is 0. The van der Waals surface area contributed by atoms with Crippen molar-refractivity contribution in [2.24, 2.45) is 0 Å². The first-order valence-electron chi connectivity index (χ1n) is 10.6. The van der Waals surface area contributed by atoms with Gasteiger partial charge in [0.2, 0.25) is 0 Å². The minimum atomic E-state index is -0.603. The van der Waals surface area contributed by atoms with Crippen LogP contribution in [0, 0.1) is 20.8 Å². The fourth-order valence-electron chi connectivity index (χ4n) is 3.48. The molecule has 2 heterocycles. The zero-order valence-corrected chi connectivity index (χ0v) is 18.8. The molecule has 0 fully saturated rings. The van der Waals surface area contributed by atoms with Gasteiger partial charge in [0, 0.05) is 6.20 Å². The molecule has 1 amide bonds. The first kappa shape index (κ1) is 22.0. The highest BCUT2D eigenvalue weighted by Gasteiger charge is 2.17. The van der Waals surface area contributed by atoms with E-state index in [1.54, 1.807) is 15.6 Å². The molecule has 168 valence electrons. The van der Waals surface area contributed by atoms with E-state index in [9.17, 15) is 9.59 Å². The van der Waals surface area contributed by atoms with E-state index in [0.29, 0.717) is 23.5 Å². The van der Waals surface area contributed by atoms with Gasteiger partial charge in [-0.1, -0.05) is 48.0 Å². The maximum atomic E-state index is 12.4. The number of rotatable bonds is 7. The number of aromatic nitrogens is 4. The van der Waals surface area contributed by atoms with E-state index in [4.69, 9.17) is 4.74 Å². The number of nitrogens with one attached hydrogen (secondary N) is 1.